The van der Waals surface area contributed by atoms with Gasteiger partial charge in [0.2, 0.25) is 0 Å². The number of piperidine rings is 1. The van der Waals surface area contributed by atoms with Crippen LogP contribution in [0.4, 0.5) is 38.1 Å². The third-order valence-corrected chi connectivity index (χ3v) is 6.98. The lowest BCUT2D eigenvalue weighted by atomic mass is 9.95. The van der Waals surface area contributed by atoms with Crippen LogP contribution in [0.5, 0.6) is 0 Å². The van der Waals surface area contributed by atoms with Crippen LogP contribution in [0.15, 0.2) is 60.8 Å². The van der Waals surface area contributed by atoms with E-state index in [1.165, 1.54) is 30.3 Å². The van der Waals surface area contributed by atoms with Gasteiger partial charge in [-0.3, -0.25) is 9.82 Å². The van der Waals surface area contributed by atoms with Crippen molar-refractivity contribution >= 4 is 28.3 Å². The Bertz CT molecular complexity index is 1690. The van der Waals surface area contributed by atoms with E-state index in [-0.39, 0.29) is 17.3 Å². The maximum absolute atomic E-state index is 14.3. The van der Waals surface area contributed by atoms with Crippen molar-refractivity contribution in [2.45, 2.75) is 25.1 Å². The van der Waals surface area contributed by atoms with Gasteiger partial charge < -0.3 is 16.0 Å². The quantitative estimate of drug-likeness (QED) is 0.179. The molecule has 0 unspecified atom stereocenters. The van der Waals surface area contributed by atoms with Crippen LogP contribution in [-0.4, -0.2) is 42.9 Å². The highest BCUT2D eigenvalue weighted by Gasteiger charge is 2.28. The number of nitrogens with two attached hydrogens (primary N) is 1. The number of pyridine rings is 1. The summed E-state index contributed by atoms with van der Waals surface area (Å²) in [7, 11) is 0. The zero-order valence-electron chi connectivity index (χ0n) is 22.5. The summed E-state index contributed by atoms with van der Waals surface area (Å²) in [6, 6.07) is 13.9. The van der Waals surface area contributed by atoms with Crippen LogP contribution in [0.25, 0.3) is 33.2 Å². The Balaban J connectivity index is 1.61. The zero-order valence-corrected chi connectivity index (χ0v) is 22.5. The van der Waals surface area contributed by atoms with Crippen LogP contribution in [0.2, 0.25) is 0 Å². The Hall–Kier alpha value is -4.80. The molecule has 0 radical (unpaired) electrons. The summed E-state index contributed by atoms with van der Waals surface area (Å²) in [6.45, 7) is -0.506. The van der Waals surface area contributed by atoms with E-state index in [1.54, 1.807) is 29.9 Å². The molecule has 2 amide bonds. The van der Waals surface area contributed by atoms with Crippen LogP contribution in [0.1, 0.15) is 18.4 Å². The molecule has 8 nitrogen and oxygen atoms in total. The Morgan fingerprint density at radius 2 is 1.74 bits per heavy atom. The van der Waals surface area contributed by atoms with Crippen LogP contribution in [-0.2, 0) is 4.84 Å². The second-order valence-electron chi connectivity index (χ2n) is 10.1. The summed E-state index contributed by atoms with van der Waals surface area (Å²) < 4.78 is 65.8. The molecule has 1 aliphatic rings. The highest BCUT2D eigenvalue weighted by Crippen LogP contribution is 2.40. The maximum Gasteiger partial charge on any atom is 0.414 e. The number of carbonyl (C=O) groups is 1. The topological polar surface area (TPSA) is 116 Å². The number of nitrogens with zero attached hydrogens (tertiary/aromatic N) is 3. The molecule has 0 aliphatic carbocycles. The molecular weight excluding hydrogens is 571 g/mol. The molecule has 0 atom stereocenters. The molecule has 0 bridgehead atoms. The summed E-state index contributed by atoms with van der Waals surface area (Å²) in [5.41, 5.74) is 11.3. The summed E-state index contributed by atoms with van der Waals surface area (Å²) in [4.78, 5) is 23.2. The smallest absolute Gasteiger partial charge is 0.370 e. The van der Waals surface area contributed by atoms with Crippen LogP contribution >= 0.6 is 0 Å². The average molecular weight is 597 g/mol. The number of fused-ring (bicyclic) bond motifs is 1. The van der Waals surface area contributed by atoms with E-state index in [0.717, 1.165) is 6.07 Å². The maximum atomic E-state index is 14.3. The molecule has 1 fully saturated rings. The first kappa shape index (κ1) is 29.7. The standard InChI is InChI=1S/C30H25F5N6O2/c31-20-10-19(11-21(32)13-20)25-15-38-26-4-2-18(12-24(26)28(25)41-7-5-22(37)6-8-41)23-9-17(14-36)1-3-27(23)39-29(42)40-43-16-30(33,34)35/h1-4,9-13,15,22H,5-8,16,37H2,(H2,39,40,42). The monoisotopic (exact) mass is 596 g/mol. The van der Waals surface area contributed by atoms with Gasteiger partial charge in [-0.25, -0.2) is 19.1 Å². The van der Waals surface area contributed by atoms with Gasteiger partial charge in [0.05, 0.1) is 28.5 Å². The third-order valence-electron chi connectivity index (χ3n) is 6.98. The minimum Gasteiger partial charge on any atom is -0.370 e. The number of hydroxylamine groups is 1. The number of anilines is 2. The fourth-order valence-corrected chi connectivity index (χ4v) is 5.02. The first-order valence-electron chi connectivity index (χ1n) is 13.2. The van der Waals surface area contributed by atoms with Gasteiger partial charge in [-0.05, 0) is 66.4 Å². The number of benzene rings is 3. The van der Waals surface area contributed by atoms with Gasteiger partial charge in [0.1, 0.15) is 11.6 Å². The molecule has 4 N–H and O–H groups in total. The van der Waals surface area contributed by atoms with E-state index in [4.69, 9.17) is 5.73 Å². The fraction of sp³-hybridized carbons (Fsp3) is 0.233. The second-order valence-corrected chi connectivity index (χ2v) is 10.1. The predicted molar refractivity (Wildman–Crippen MR) is 151 cm³/mol. The van der Waals surface area contributed by atoms with Gasteiger partial charge in [0, 0.05) is 47.9 Å². The van der Waals surface area contributed by atoms with Crippen LogP contribution in [0.3, 0.4) is 0 Å². The number of nitrogens with one attached hydrogen (secondary N) is 2. The van der Waals surface area contributed by atoms with E-state index >= 15 is 0 Å². The molecule has 43 heavy (non-hydrogen) atoms. The normalized spacial score (nSPS) is 14.0. The highest BCUT2D eigenvalue weighted by molar-refractivity contribution is 6.03. The van der Waals surface area contributed by atoms with E-state index in [2.05, 4.69) is 20.0 Å². The van der Waals surface area contributed by atoms with Gasteiger partial charge in [0.15, 0.2) is 6.61 Å². The minimum absolute atomic E-state index is 0.0172. The van der Waals surface area contributed by atoms with Crippen molar-refractivity contribution in [2.24, 2.45) is 5.73 Å². The number of halogens is 5. The number of amides is 2. The molecular formula is C30H25F5N6O2. The van der Waals surface area contributed by atoms with E-state index in [0.29, 0.717) is 64.8 Å². The van der Waals surface area contributed by atoms with Crippen molar-refractivity contribution in [3.05, 3.63) is 78.0 Å². The van der Waals surface area contributed by atoms with Crippen molar-refractivity contribution in [1.29, 1.82) is 5.26 Å². The summed E-state index contributed by atoms with van der Waals surface area (Å²) >= 11 is 0. The number of hydrogen-bond acceptors (Lipinski definition) is 6. The fourth-order valence-electron chi connectivity index (χ4n) is 5.02. The Morgan fingerprint density at radius 1 is 1.02 bits per heavy atom. The SMILES string of the molecule is N#Cc1ccc(NC(=O)NOCC(F)(F)F)c(-c2ccc3ncc(-c4cc(F)cc(F)c4)c(N4CCC(N)CC4)c3c2)c1. The molecule has 2 heterocycles. The number of alkyl halides is 3. The Kier molecular flexibility index (Phi) is 8.43. The molecule has 1 aromatic heterocycles. The zero-order chi connectivity index (χ0) is 30.7. The van der Waals surface area contributed by atoms with Gasteiger partial charge in [0.25, 0.3) is 0 Å². The number of carbonyl (C=O) groups excluding carboxylic acids is 1. The largest absolute Gasteiger partial charge is 0.414 e. The van der Waals surface area contributed by atoms with Crippen molar-refractivity contribution in [2.75, 3.05) is 29.9 Å². The molecule has 222 valence electrons. The lowest BCUT2D eigenvalue weighted by Crippen LogP contribution is -2.40. The number of nitriles is 1. The molecule has 13 heteroatoms. The lowest BCUT2D eigenvalue weighted by molar-refractivity contribution is -0.183. The second kappa shape index (κ2) is 12.2. The summed E-state index contributed by atoms with van der Waals surface area (Å²) in [5.74, 6) is -1.48. The van der Waals surface area contributed by atoms with E-state index in [1.807, 2.05) is 6.07 Å². The molecule has 1 saturated heterocycles. The molecule has 5 rings (SSSR count). The molecule has 0 spiro atoms. The van der Waals surface area contributed by atoms with Crippen LogP contribution in [0, 0.1) is 23.0 Å². The first-order valence-corrected chi connectivity index (χ1v) is 13.2. The average Bonchev–Trinajstić information content (AvgIpc) is 2.96. The summed E-state index contributed by atoms with van der Waals surface area (Å²) in [5, 5.41) is 12.6. The van der Waals surface area contributed by atoms with Crippen molar-refractivity contribution in [3.63, 3.8) is 0 Å². The van der Waals surface area contributed by atoms with Crippen molar-refractivity contribution in [3.8, 4) is 28.3 Å². The van der Waals surface area contributed by atoms with Gasteiger partial charge >= 0.3 is 12.2 Å². The summed E-state index contributed by atoms with van der Waals surface area (Å²) in [6.07, 6.45) is -1.68. The number of aromatic nitrogens is 1. The van der Waals surface area contributed by atoms with E-state index < -0.39 is 30.4 Å². The number of hydrogen-bond donors (Lipinski definition) is 3. The lowest BCUT2D eigenvalue weighted by Gasteiger charge is -2.34. The Morgan fingerprint density at radius 3 is 2.42 bits per heavy atom. The minimum atomic E-state index is -4.64. The van der Waals surface area contributed by atoms with Crippen LogP contribution < -0.4 is 21.4 Å². The molecule has 4 aromatic rings. The number of urea groups is 1. The molecule has 1 aliphatic heterocycles. The number of rotatable bonds is 6. The molecule has 0 saturated carbocycles. The van der Waals surface area contributed by atoms with Gasteiger partial charge in [-0.1, -0.05) is 6.07 Å². The van der Waals surface area contributed by atoms with Crippen molar-refractivity contribution in [1.82, 2.24) is 10.5 Å². The third kappa shape index (κ3) is 6.99. The van der Waals surface area contributed by atoms with Gasteiger partial charge in [-0.2, -0.15) is 18.4 Å². The first-order chi connectivity index (χ1) is 20.5. The Labute approximate surface area is 242 Å². The van der Waals surface area contributed by atoms with E-state index in [9.17, 15) is 32.0 Å². The van der Waals surface area contributed by atoms with Crippen molar-refractivity contribution < 1.29 is 31.6 Å². The molecule has 3 aromatic carbocycles. The predicted octanol–water partition coefficient (Wildman–Crippen LogP) is 6.26. The van der Waals surface area contributed by atoms with Gasteiger partial charge in [-0.15, -0.1) is 0 Å². The highest BCUT2D eigenvalue weighted by atomic mass is 19.4.